The van der Waals surface area contributed by atoms with E-state index in [0.717, 1.165) is 0 Å². The third-order valence-electron chi connectivity index (χ3n) is 1.94. The molecule has 7 nitrogen and oxygen atoms in total. The third-order valence-corrected chi connectivity index (χ3v) is 2.12. The smallest absolute Gasteiger partial charge is 0.271 e. The molecule has 1 amide bonds. The van der Waals surface area contributed by atoms with E-state index in [1.54, 1.807) is 17.1 Å². The van der Waals surface area contributed by atoms with Gasteiger partial charge in [0.1, 0.15) is 10.8 Å². The van der Waals surface area contributed by atoms with E-state index in [-0.39, 0.29) is 16.8 Å². The Hall–Kier alpha value is -2.02. The number of nitrogens with zero attached hydrogens (tertiary/aromatic N) is 5. The summed E-state index contributed by atoms with van der Waals surface area (Å²) in [5, 5.41) is 10.3. The van der Waals surface area contributed by atoms with Gasteiger partial charge in [-0.3, -0.25) is 14.5 Å². The SMILES string of the molecule is O=C(NCCn1ccnn1)c1cncc(Cl)n1. The summed E-state index contributed by atoms with van der Waals surface area (Å²) in [6.45, 7) is 0.968. The van der Waals surface area contributed by atoms with E-state index in [1.165, 1.54) is 12.4 Å². The molecular formula is C9H9ClN6O. The quantitative estimate of drug-likeness (QED) is 0.837. The Morgan fingerprint density at radius 3 is 3.06 bits per heavy atom. The molecule has 2 rings (SSSR count). The van der Waals surface area contributed by atoms with Crippen LogP contribution in [-0.4, -0.2) is 37.4 Å². The lowest BCUT2D eigenvalue weighted by molar-refractivity contribution is 0.0946. The van der Waals surface area contributed by atoms with Crippen molar-refractivity contribution in [1.82, 2.24) is 30.3 Å². The molecule has 0 atom stereocenters. The Balaban J connectivity index is 1.85. The van der Waals surface area contributed by atoms with Gasteiger partial charge in [-0.15, -0.1) is 5.10 Å². The number of nitrogens with one attached hydrogen (secondary N) is 1. The van der Waals surface area contributed by atoms with Gasteiger partial charge in [0.15, 0.2) is 0 Å². The highest BCUT2D eigenvalue weighted by molar-refractivity contribution is 6.29. The fraction of sp³-hybridized carbons (Fsp3) is 0.222. The van der Waals surface area contributed by atoms with Crippen molar-refractivity contribution in [2.24, 2.45) is 0 Å². The van der Waals surface area contributed by atoms with Gasteiger partial charge < -0.3 is 5.32 Å². The number of rotatable bonds is 4. The zero-order valence-electron chi connectivity index (χ0n) is 8.75. The largest absolute Gasteiger partial charge is 0.349 e. The van der Waals surface area contributed by atoms with Crippen molar-refractivity contribution in [3.05, 3.63) is 35.6 Å². The van der Waals surface area contributed by atoms with Crippen molar-refractivity contribution < 1.29 is 4.79 Å². The summed E-state index contributed by atoms with van der Waals surface area (Å²) >= 11 is 5.63. The molecule has 88 valence electrons. The number of halogens is 1. The van der Waals surface area contributed by atoms with Gasteiger partial charge in [-0.25, -0.2) is 4.98 Å². The van der Waals surface area contributed by atoms with Crippen molar-refractivity contribution in [2.45, 2.75) is 6.54 Å². The molecule has 2 aromatic rings. The Labute approximate surface area is 102 Å². The number of hydrogen-bond acceptors (Lipinski definition) is 5. The molecule has 0 aromatic carbocycles. The maximum absolute atomic E-state index is 11.6. The lowest BCUT2D eigenvalue weighted by atomic mass is 10.4. The zero-order valence-corrected chi connectivity index (χ0v) is 9.50. The van der Waals surface area contributed by atoms with Gasteiger partial charge in [0.05, 0.1) is 25.1 Å². The Kier molecular flexibility index (Phi) is 3.61. The third kappa shape index (κ3) is 3.22. The summed E-state index contributed by atoms with van der Waals surface area (Å²) < 4.78 is 1.62. The average Bonchev–Trinajstić information content (AvgIpc) is 2.82. The fourth-order valence-electron chi connectivity index (χ4n) is 1.18. The minimum absolute atomic E-state index is 0.189. The molecule has 0 unspecified atom stereocenters. The number of carbonyl (C=O) groups excluding carboxylic acids is 1. The van der Waals surface area contributed by atoms with Crippen LogP contribution in [-0.2, 0) is 6.54 Å². The Morgan fingerprint density at radius 1 is 1.47 bits per heavy atom. The first-order valence-electron chi connectivity index (χ1n) is 4.85. The van der Waals surface area contributed by atoms with E-state index >= 15 is 0 Å². The van der Waals surface area contributed by atoms with Gasteiger partial charge in [-0.05, 0) is 0 Å². The first-order valence-corrected chi connectivity index (χ1v) is 5.23. The van der Waals surface area contributed by atoms with Gasteiger partial charge >= 0.3 is 0 Å². The number of hydrogen-bond donors (Lipinski definition) is 1. The van der Waals surface area contributed by atoms with Crippen LogP contribution in [0.1, 0.15) is 10.5 Å². The van der Waals surface area contributed by atoms with Crippen LogP contribution in [0.25, 0.3) is 0 Å². The maximum atomic E-state index is 11.6. The number of amides is 1. The highest BCUT2D eigenvalue weighted by Gasteiger charge is 2.07. The summed E-state index contributed by atoms with van der Waals surface area (Å²) in [5.41, 5.74) is 0.191. The van der Waals surface area contributed by atoms with Gasteiger partial charge in [-0.1, -0.05) is 16.8 Å². The van der Waals surface area contributed by atoms with Crippen LogP contribution in [0, 0.1) is 0 Å². The van der Waals surface area contributed by atoms with Crippen molar-refractivity contribution in [3.8, 4) is 0 Å². The van der Waals surface area contributed by atoms with Crippen LogP contribution >= 0.6 is 11.6 Å². The summed E-state index contributed by atoms with van der Waals surface area (Å²) in [4.78, 5) is 19.2. The molecule has 0 saturated heterocycles. The van der Waals surface area contributed by atoms with E-state index in [1.807, 2.05) is 0 Å². The summed E-state index contributed by atoms with van der Waals surface area (Å²) in [7, 11) is 0. The second-order valence-corrected chi connectivity index (χ2v) is 3.54. The van der Waals surface area contributed by atoms with Gasteiger partial charge in [0, 0.05) is 12.7 Å². The van der Waals surface area contributed by atoms with E-state index in [9.17, 15) is 4.79 Å². The van der Waals surface area contributed by atoms with Crippen molar-refractivity contribution >= 4 is 17.5 Å². The Morgan fingerprint density at radius 2 is 2.35 bits per heavy atom. The lowest BCUT2D eigenvalue weighted by Crippen LogP contribution is -2.28. The lowest BCUT2D eigenvalue weighted by Gasteiger charge is -2.04. The summed E-state index contributed by atoms with van der Waals surface area (Å²) in [6.07, 6.45) is 6.01. The molecule has 8 heteroatoms. The molecule has 0 saturated carbocycles. The minimum Gasteiger partial charge on any atom is -0.349 e. The van der Waals surface area contributed by atoms with Crippen molar-refractivity contribution in [3.63, 3.8) is 0 Å². The minimum atomic E-state index is -0.319. The van der Waals surface area contributed by atoms with Crippen LogP contribution in [0.5, 0.6) is 0 Å². The summed E-state index contributed by atoms with van der Waals surface area (Å²) in [5.74, 6) is -0.319. The zero-order chi connectivity index (χ0) is 12.1. The first-order chi connectivity index (χ1) is 8.25. The van der Waals surface area contributed by atoms with Crippen molar-refractivity contribution in [2.75, 3.05) is 6.54 Å². The second kappa shape index (κ2) is 5.35. The van der Waals surface area contributed by atoms with Crippen LogP contribution in [0.3, 0.4) is 0 Å². The predicted molar refractivity (Wildman–Crippen MR) is 59.4 cm³/mol. The van der Waals surface area contributed by atoms with E-state index in [0.29, 0.717) is 13.1 Å². The molecule has 17 heavy (non-hydrogen) atoms. The molecule has 0 aliphatic heterocycles. The van der Waals surface area contributed by atoms with Gasteiger partial charge in [0.25, 0.3) is 5.91 Å². The summed E-state index contributed by atoms with van der Waals surface area (Å²) in [6, 6.07) is 0. The molecule has 2 heterocycles. The maximum Gasteiger partial charge on any atom is 0.271 e. The van der Waals surface area contributed by atoms with Crippen molar-refractivity contribution in [1.29, 1.82) is 0 Å². The first kappa shape index (κ1) is 11.5. The van der Waals surface area contributed by atoms with Gasteiger partial charge in [0.2, 0.25) is 0 Å². The molecule has 0 spiro atoms. The van der Waals surface area contributed by atoms with Crippen LogP contribution in [0.15, 0.2) is 24.8 Å². The molecule has 0 aliphatic rings. The fourth-order valence-corrected chi connectivity index (χ4v) is 1.33. The monoisotopic (exact) mass is 252 g/mol. The standard InChI is InChI=1S/C9H9ClN6O/c10-8-6-11-5-7(14-8)9(17)12-1-3-16-4-2-13-15-16/h2,4-6H,1,3H2,(H,12,17). The molecule has 0 aliphatic carbocycles. The molecule has 0 bridgehead atoms. The number of aromatic nitrogens is 5. The number of carbonyl (C=O) groups is 1. The molecular weight excluding hydrogens is 244 g/mol. The molecule has 0 radical (unpaired) electrons. The molecule has 2 aromatic heterocycles. The highest BCUT2D eigenvalue weighted by Crippen LogP contribution is 2.01. The van der Waals surface area contributed by atoms with Gasteiger partial charge in [-0.2, -0.15) is 0 Å². The topological polar surface area (TPSA) is 85.6 Å². The van der Waals surface area contributed by atoms with E-state index in [4.69, 9.17) is 11.6 Å². The van der Waals surface area contributed by atoms with Crippen LogP contribution < -0.4 is 5.32 Å². The Bertz CT molecular complexity index is 500. The molecule has 1 N–H and O–H groups in total. The normalized spacial score (nSPS) is 10.2. The average molecular weight is 253 g/mol. The van der Waals surface area contributed by atoms with Crippen LogP contribution in [0.4, 0.5) is 0 Å². The highest BCUT2D eigenvalue weighted by atomic mass is 35.5. The second-order valence-electron chi connectivity index (χ2n) is 3.15. The van der Waals surface area contributed by atoms with E-state index < -0.39 is 0 Å². The van der Waals surface area contributed by atoms with Crippen LogP contribution in [0.2, 0.25) is 5.15 Å². The molecule has 0 fully saturated rings. The predicted octanol–water partition coefficient (Wildman–Crippen LogP) is 0.151. The van der Waals surface area contributed by atoms with E-state index in [2.05, 4.69) is 25.6 Å².